The summed E-state index contributed by atoms with van der Waals surface area (Å²) in [6.07, 6.45) is -1.23. The lowest BCUT2D eigenvalue weighted by Crippen LogP contribution is -2.18. The van der Waals surface area contributed by atoms with Crippen molar-refractivity contribution < 1.29 is 10.2 Å². The molecular formula is C10H9N3O2. The van der Waals surface area contributed by atoms with Crippen molar-refractivity contribution in [2.45, 2.75) is 18.6 Å². The smallest absolute Gasteiger partial charge is 0.123 e. The zero-order valence-corrected chi connectivity index (χ0v) is 7.83. The SMILES string of the molecule is N#CCC(O)C(O)c1cc(C#N)ccn1. The highest BCUT2D eigenvalue weighted by molar-refractivity contribution is 5.29. The summed E-state index contributed by atoms with van der Waals surface area (Å²) < 4.78 is 0. The number of aliphatic hydroxyl groups is 2. The van der Waals surface area contributed by atoms with Gasteiger partial charge in [-0.15, -0.1) is 0 Å². The van der Waals surface area contributed by atoms with Crippen LogP contribution in [0.15, 0.2) is 18.3 Å². The first-order chi connectivity index (χ1) is 7.19. The Balaban J connectivity index is 2.87. The summed E-state index contributed by atoms with van der Waals surface area (Å²) >= 11 is 0. The van der Waals surface area contributed by atoms with Crippen molar-refractivity contribution >= 4 is 0 Å². The topological polar surface area (TPSA) is 101 Å². The Bertz CT molecular complexity index is 419. The fourth-order valence-corrected chi connectivity index (χ4v) is 1.08. The normalized spacial score (nSPS) is 13.6. The highest BCUT2D eigenvalue weighted by atomic mass is 16.3. The quantitative estimate of drug-likeness (QED) is 0.733. The van der Waals surface area contributed by atoms with E-state index in [-0.39, 0.29) is 12.1 Å². The average Bonchev–Trinajstić information content (AvgIpc) is 2.28. The Morgan fingerprint density at radius 3 is 2.73 bits per heavy atom. The molecule has 1 aromatic rings. The van der Waals surface area contributed by atoms with Crippen LogP contribution in [0.1, 0.15) is 23.8 Å². The minimum absolute atomic E-state index is 0.181. The van der Waals surface area contributed by atoms with Crippen LogP contribution in [-0.2, 0) is 0 Å². The van der Waals surface area contributed by atoms with Crippen LogP contribution in [0.4, 0.5) is 0 Å². The van der Waals surface area contributed by atoms with E-state index in [0.29, 0.717) is 5.56 Å². The minimum Gasteiger partial charge on any atom is -0.389 e. The Morgan fingerprint density at radius 2 is 2.13 bits per heavy atom. The number of aromatic nitrogens is 1. The van der Waals surface area contributed by atoms with Crippen LogP contribution in [-0.4, -0.2) is 21.3 Å². The first-order valence-corrected chi connectivity index (χ1v) is 4.28. The van der Waals surface area contributed by atoms with Crippen LogP contribution >= 0.6 is 0 Å². The average molecular weight is 203 g/mol. The van der Waals surface area contributed by atoms with E-state index in [1.165, 1.54) is 18.3 Å². The molecule has 0 saturated carbocycles. The zero-order chi connectivity index (χ0) is 11.3. The fraction of sp³-hybridized carbons (Fsp3) is 0.300. The maximum Gasteiger partial charge on any atom is 0.123 e. The van der Waals surface area contributed by atoms with Gasteiger partial charge in [-0.2, -0.15) is 10.5 Å². The number of pyridine rings is 1. The Morgan fingerprint density at radius 1 is 1.40 bits per heavy atom. The number of rotatable bonds is 3. The van der Waals surface area contributed by atoms with Gasteiger partial charge in [-0.25, -0.2) is 0 Å². The molecule has 0 fully saturated rings. The lowest BCUT2D eigenvalue weighted by Gasteiger charge is -2.14. The van der Waals surface area contributed by atoms with E-state index in [9.17, 15) is 10.2 Å². The molecule has 1 rings (SSSR count). The third-order valence-corrected chi connectivity index (χ3v) is 1.88. The summed E-state index contributed by atoms with van der Waals surface area (Å²) in [5.74, 6) is 0. The third-order valence-electron chi connectivity index (χ3n) is 1.88. The van der Waals surface area contributed by atoms with Crippen LogP contribution in [0.2, 0.25) is 0 Å². The van der Waals surface area contributed by atoms with E-state index in [1.54, 1.807) is 6.07 Å². The summed E-state index contributed by atoms with van der Waals surface area (Å²) in [5, 5.41) is 35.9. The van der Waals surface area contributed by atoms with Crippen LogP contribution in [0, 0.1) is 22.7 Å². The number of nitrogens with zero attached hydrogens (tertiary/aromatic N) is 3. The Hall–Kier alpha value is -1.95. The van der Waals surface area contributed by atoms with Gasteiger partial charge in [0, 0.05) is 6.20 Å². The Kier molecular flexibility index (Phi) is 3.75. The molecule has 76 valence electrons. The lowest BCUT2D eigenvalue weighted by molar-refractivity contribution is 0.0190. The van der Waals surface area contributed by atoms with E-state index in [0.717, 1.165) is 0 Å². The Labute approximate surface area is 86.8 Å². The third kappa shape index (κ3) is 2.75. The van der Waals surface area contributed by atoms with Crippen LogP contribution in [0.3, 0.4) is 0 Å². The highest BCUT2D eigenvalue weighted by Crippen LogP contribution is 2.17. The summed E-state index contributed by atoms with van der Waals surface area (Å²) in [5.41, 5.74) is 0.542. The molecule has 15 heavy (non-hydrogen) atoms. The van der Waals surface area contributed by atoms with Gasteiger partial charge in [0.15, 0.2) is 0 Å². The summed E-state index contributed by atoms with van der Waals surface area (Å²) in [4.78, 5) is 3.82. The highest BCUT2D eigenvalue weighted by Gasteiger charge is 2.19. The molecule has 0 aliphatic carbocycles. The van der Waals surface area contributed by atoms with Gasteiger partial charge in [0.2, 0.25) is 0 Å². The summed E-state index contributed by atoms with van der Waals surface area (Å²) in [7, 11) is 0. The van der Waals surface area contributed by atoms with E-state index >= 15 is 0 Å². The van der Waals surface area contributed by atoms with Crippen molar-refractivity contribution in [2.75, 3.05) is 0 Å². The molecule has 2 atom stereocenters. The van der Waals surface area contributed by atoms with Gasteiger partial charge in [0.05, 0.1) is 35.9 Å². The molecule has 0 aliphatic heterocycles. The van der Waals surface area contributed by atoms with Crippen LogP contribution in [0.25, 0.3) is 0 Å². The first-order valence-electron chi connectivity index (χ1n) is 4.28. The van der Waals surface area contributed by atoms with Crippen molar-refractivity contribution in [1.82, 2.24) is 4.98 Å². The van der Waals surface area contributed by atoms with Gasteiger partial charge in [0.25, 0.3) is 0 Å². The molecule has 0 saturated heterocycles. The largest absolute Gasteiger partial charge is 0.389 e. The van der Waals surface area contributed by atoms with Crippen molar-refractivity contribution in [1.29, 1.82) is 10.5 Å². The van der Waals surface area contributed by atoms with E-state index in [2.05, 4.69) is 4.98 Å². The van der Waals surface area contributed by atoms with E-state index in [4.69, 9.17) is 10.5 Å². The van der Waals surface area contributed by atoms with Gasteiger partial charge < -0.3 is 10.2 Å². The van der Waals surface area contributed by atoms with Gasteiger partial charge in [0.1, 0.15) is 6.10 Å². The molecule has 0 spiro atoms. The molecule has 0 radical (unpaired) electrons. The fourth-order valence-electron chi connectivity index (χ4n) is 1.08. The summed E-state index contributed by atoms with van der Waals surface area (Å²) in [6.45, 7) is 0. The maximum atomic E-state index is 9.57. The number of hydrogen-bond acceptors (Lipinski definition) is 5. The molecular weight excluding hydrogens is 194 g/mol. The first kappa shape index (κ1) is 11.1. The second-order valence-corrected chi connectivity index (χ2v) is 2.96. The van der Waals surface area contributed by atoms with Gasteiger partial charge in [-0.1, -0.05) is 0 Å². The maximum absolute atomic E-state index is 9.57. The molecule has 0 aromatic carbocycles. The zero-order valence-electron chi connectivity index (χ0n) is 7.83. The molecule has 5 heteroatoms. The number of nitriles is 2. The lowest BCUT2D eigenvalue weighted by atomic mass is 10.1. The molecule has 5 nitrogen and oxygen atoms in total. The second-order valence-electron chi connectivity index (χ2n) is 2.96. The molecule has 2 N–H and O–H groups in total. The van der Waals surface area contributed by atoms with Crippen molar-refractivity contribution in [2.24, 2.45) is 0 Å². The van der Waals surface area contributed by atoms with Gasteiger partial charge >= 0.3 is 0 Å². The van der Waals surface area contributed by atoms with Crippen LogP contribution < -0.4 is 0 Å². The minimum atomic E-state index is -1.24. The molecule has 0 aliphatic rings. The van der Waals surface area contributed by atoms with Crippen molar-refractivity contribution in [3.63, 3.8) is 0 Å². The van der Waals surface area contributed by atoms with E-state index in [1.807, 2.05) is 6.07 Å². The second kappa shape index (κ2) is 5.06. The molecule has 1 aromatic heterocycles. The predicted molar refractivity (Wildman–Crippen MR) is 50.1 cm³/mol. The molecule has 2 unspecified atom stereocenters. The molecule has 1 heterocycles. The van der Waals surface area contributed by atoms with Crippen LogP contribution in [0.5, 0.6) is 0 Å². The van der Waals surface area contributed by atoms with Crippen molar-refractivity contribution in [3.8, 4) is 12.1 Å². The standard InChI is InChI=1S/C10H9N3O2/c11-3-1-9(14)10(15)8-5-7(6-12)2-4-13-8/h2,4-5,9-10,14-15H,1H2. The van der Waals surface area contributed by atoms with Gasteiger partial charge in [-0.3, -0.25) is 4.98 Å². The predicted octanol–water partition coefficient (Wildman–Crippen LogP) is 0.261. The summed E-state index contributed by atoms with van der Waals surface area (Å²) in [6, 6.07) is 6.51. The monoisotopic (exact) mass is 203 g/mol. The number of hydrogen-bond donors (Lipinski definition) is 2. The molecule has 0 bridgehead atoms. The van der Waals surface area contributed by atoms with E-state index < -0.39 is 12.2 Å². The van der Waals surface area contributed by atoms with Crippen molar-refractivity contribution in [3.05, 3.63) is 29.6 Å². The van der Waals surface area contributed by atoms with Gasteiger partial charge in [-0.05, 0) is 12.1 Å². The molecule has 0 amide bonds. The number of aliphatic hydroxyl groups excluding tert-OH is 2.